The summed E-state index contributed by atoms with van der Waals surface area (Å²) >= 11 is 0. The summed E-state index contributed by atoms with van der Waals surface area (Å²) in [5.41, 5.74) is -1.56. The van der Waals surface area contributed by atoms with E-state index < -0.39 is 30.0 Å². The van der Waals surface area contributed by atoms with Crippen LogP contribution in [0.15, 0.2) is 24.3 Å². The third-order valence-electron chi connectivity index (χ3n) is 5.92. The highest BCUT2D eigenvalue weighted by atomic mass is 19.4. The van der Waals surface area contributed by atoms with Crippen LogP contribution in [0.2, 0.25) is 0 Å². The Morgan fingerprint density at radius 1 is 1.12 bits per heavy atom. The number of halogens is 3. The van der Waals surface area contributed by atoms with Crippen LogP contribution < -0.4 is 4.90 Å². The lowest BCUT2D eigenvalue weighted by molar-refractivity contribution is -0.274. The van der Waals surface area contributed by atoms with Gasteiger partial charge in [-0.1, -0.05) is 12.1 Å². The Balaban J connectivity index is 1.69. The molecule has 7 heteroatoms. The van der Waals surface area contributed by atoms with Gasteiger partial charge >= 0.3 is 6.18 Å². The van der Waals surface area contributed by atoms with E-state index in [1.54, 1.807) is 12.0 Å². The number of alkyl halides is 3. The van der Waals surface area contributed by atoms with Gasteiger partial charge in [0, 0.05) is 19.3 Å². The van der Waals surface area contributed by atoms with Crippen LogP contribution in [-0.2, 0) is 16.0 Å². The summed E-state index contributed by atoms with van der Waals surface area (Å²) in [4.78, 5) is 14.6. The van der Waals surface area contributed by atoms with Crippen LogP contribution in [0.3, 0.4) is 0 Å². The number of nitrogens with zero attached hydrogens (tertiary/aromatic N) is 1. The number of anilines is 1. The molecule has 26 heavy (non-hydrogen) atoms. The third-order valence-corrected chi connectivity index (χ3v) is 5.92. The average Bonchev–Trinajstić information content (AvgIpc) is 2.92. The molecule has 0 radical (unpaired) electrons. The Bertz CT molecular complexity index is 649. The van der Waals surface area contributed by atoms with Gasteiger partial charge in [-0.25, -0.2) is 0 Å². The number of methoxy groups -OCH3 is 1. The molecule has 1 spiro atoms. The summed E-state index contributed by atoms with van der Waals surface area (Å²) < 4.78 is 44.1. The number of rotatable bonds is 4. The molecule has 0 atom stereocenters. The fraction of sp³-hybridized carbons (Fsp3) is 0.632. The number of amides is 1. The molecule has 1 saturated heterocycles. The van der Waals surface area contributed by atoms with E-state index in [9.17, 15) is 23.1 Å². The predicted octanol–water partition coefficient (Wildman–Crippen LogP) is 3.47. The number of benzene rings is 1. The van der Waals surface area contributed by atoms with Crippen molar-refractivity contribution in [3.05, 3.63) is 29.8 Å². The molecule has 1 heterocycles. The number of aliphatic hydroxyl groups is 1. The zero-order valence-electron chi connectivity index (χ0n) is 14.8. The van der Waals surface area contributed by atoms with Crippen molar-refractivity contribution in [1.82, 2.24) is 0 Å². The molecule has 144 valence electrons. The summed E-state index contributed by atoms with van der Waals surface area (Å²) in [6, 6.07) is 7.62. The second-order valence-corrected chi connectivity index (χ2v) is 7.43. The van der Waals surface area contributed by atoms with Gasteiger partial charge < -0.3 is 14.7 Å². The van der Waals surface area contributed by atoms with Gasteiger partial charge in [0.1, 0.15) is 0 Å². The van der Waals surface area contributed by atoms with E-state index in [1.807, 2.05) is 24.3 Å². The maximum absolute atomic E-state index is 13.0. The van der Waals surface area contributed by atoms with E-state index in [2.05, 4.69) is 0 Å². The lowest BCUT2D eigenvalue weighted by atomic mass is 9.67. The first kappa shape index (κ1) is 19.2. The number of hydrogen-bond acceptors (Lipinski definition) is 3. The number of carbonyl (C=O) groups excluding carboxylic acids is 1. The minimum atomic E-state index is -4.64. The first-order valence-electron chi connectivity index (χ1n) is 8.90. The Kier molecular flexibility index (Phi) is 5.05. The van der Waals surface area contributed by atoms with E-state index in [1.165, 1.54) is 0 Å². The second kappa shape index (κ2) is 6.85. The minimum absolute atomic E-state index is 0.0737. The quantitative estimate of drug-likeness (QED) is 0.882. The van der Waals surface area contributed by atoms with Crippen LogP contribution in [0, 0.1) is 5.41 Å². The zero-order chi connectivity index (χ0) is 19.0. The van der Waals surface area contributed by atoms with Gasteiger partial charge in [-0.05, 0) is 56.2 Å². The highest BCUT2D eigenvalue weighted by Gasteiger charge is 2.60. The molecule has 1 aliphatic carbocycles. The maximum atomic E-state index is 13.0. The van der Waals surface area contributed by atoms with Gasteiger partial charge in [0.15, 0.2) is 5.60 Å². The standard InChI is InChI=1S/C19H24F3NO3/c1-26-13-6-14-2-4-15(5-3-14)23-12-11-17(16(23)24)7-9-18(25,10-8-17)19(20,21)22/h2-5,25H,6-13H2,1H3. The summed E-state index contributed by atoms with van der Waals surface area (Å²) in [6.07, 6.45) is -4.00. The number of hydrogen-bond donors (Lipinski definition) is 1. The second-order valence-electron chi connectivity index (χ2n) is 7.43. The Labute approximate surface area is 150 Å². The molecule has 2 aliphatic rings. The zero-order valence-corrected chi connectivity index (χ0v) is 14.8. The van der Waals surface area contributed by atoms with Gasteiger partial charge in [0.05, 0.1) is 12.0 Å². The highest BCUT2D eigenvalue weighted by Crippen LogP contribution is 2.52. The Morgan fingerprint density at radius 2 is 1.73 bits per heavy atom. The van der Waals surface area contributed by atoms with E-state index in [0.29, 0.717) is 19.6 Å². The largest absolute Gasteiger partial charge is 0.417 e. The Hall–Kier alpha value is -1.60. The first-order chi connectivity index (χ1) is 12.2. The van der Waals surface area contributed by atoms with Gasteiger partial charge in [-0.2, -0.15) is 13.2 Å². The van der Waals surface area contributed by atoms with Crippen molar-refractivity contribution < 1.29 is 27.8 Å². The Morgan fingerprint density at radius 3 is 2.27 bits per heavy atom. The minimum Gasteiger partial charge on any atom is -0.384 e. The molecule has 1 N–H and O–H groups in total. The van der Waals surface area contributed by atoms with Crippen LogP contribution in [0.1, 0.15) is 37.7 Å². The summed E-state index contributed by atoms with van der Waals surface area (Å²) in [5, 5.41) is 9.86. The molecule has 1 aromatic carbocycles. The molecule has 1 aliphatic heterocycles. The van der Waals surface area contributed by atoms with Crippen molar-refractivity contribution in [1.29, 1.82) is 0 Å². The fourth-order valence-electron chi connectivity index (χ4n) is 4.02. The van der Waals surface area contributed by atoms with Crippen LogP contribution >= 0.6 is 0 Å². The monoisotopic (exact) mass is 371 g/mol. The van der Waals surface area contributed by atoms with Crippen LogP contribution in [0.5, 0.6) is 0 Å². The highest BCUT2D eigenvalue weighted by molar-refractivity contribution is 6.00. The van der Waals surface area contributed by atoms with Gasteiger partial charge in [0.25, 0.3) is 0 Å². The molecular formula is C19H24F3NO3. The van der Waals surface area contributed by atoms with Gasteiger partial charge in [-0.3, -0.25) is 4.79 Å². The lowest BCUT2D eigenvalue weighted by Gasteiger charge is -2.41. The van der Waals surface area contributed by atoms with E-state index in [4.69, 9.17) is 4.74 Å². The fourth-order valence-corrected chi connectivity index (χ4v) is 4.02. The normalized spacial score (nSPS) is 29.6. The SMILES string of the molecule is COCCc1ccc(N2CCC3(CCC(O)(C(F)(F)F)CC3)C2=O)cc1. The molecule has 1 aromatic rings. The molecular weight excluding hydrogens is 347 g/mol. The van der Waals surface area contributed by atoms with Crippen molar-refractivity contribution >= 4 is 11.6 Å². The molecule has 3 rings (SSSR count). The lowest BCUT2D eigenvalue weighted by Crippen LogP contribution is -2.51. The van der Waals surface area contributed by atoms with Crippen molar-refractivity contribution in [3.63, 3.8) is 0 Å². The first-order valence-corrected chi connectivity index (χ1v) is 8.90. The molecule has 1 saturated carbocycles. The van der Waals surface area contributed by atoms with Crippen LogP contribution in [0.25, 0.3) is 0 Å². The van der Waals surface area contributed by atoms with E-state index in [0.717, 1.165) is 17.7 Å². The smallest absolute Gasteiger partial charge is 0.384 e. The van der Waals surface area contributed by atoms with Crippen LogP contribution in [-0.4, -0.2) is 43.1 Å². The molecule has 0 unspecified atom stereocenters. The molecule has 0 bridgehead atoms. The summed E-state index contributed by atoms with van der Waals surface area (Å²) in [5.74, 6) is -0.119. The van der Waals surface area contributed by atoms with Crippen molar-refractivity contribution in [2.45, 2.75) is 50.3 Å². The molecule has 1 amide bonds. The maximum Gasteiger partial charge on any atom is 0.417 e. The molecule has 2 fully saturated rings. The summed E-state index contributed by atoms with van der Waals surface area (Å²) in [6.45, 7) is 1.12. The number of ether oxygens (including phenoxy) is 1. The average molecular weight is 371 g/mol. The predicted molar refractivity (Wildman–Crippen MR) is 90.9 cm³/mol. The third kappa shape index (κ3) is 3.34. The van der Waals surface area contributed by atoms with E-state index >= 15 is 0 Å². The van der Waals surface area contributed by atoms with Crippen molar-refractivity contribution in [2.24, 2.45) is 5.41 Å². The van der Waals surface area contributed by atoms with Gasteiger partial charge in [-0.15, -0.1) is 0 Å². The van der Waals surface area contributed by atoms with Crippen LogP contribution in [0.4, 0.5) is 18.9 Å². The van der Waals surface area contributed by atoms with Crippen molar-refractivity contribution in [3.8, 4) is 0 Å². The number of carbonyl (C=O) groups is 1. The molecule has 0 aromatic heterocycles. The van der Waals surface area contributed by atoms with Crippen molar-refractivity contribution in [2.75, 3.05) is 25.2 Å². The topological polar surface area (TPSA) is 49.8 Å². The van der Waals surface area contributed by atoms with E-state index in [-0.39, 0.29) is 18.7 Å². The summed E-state index contributed by atoms with van der Waals surface area (Å²) in [7, 11) is 1.64. The van der Waals surface area contributed by atoms with Gasteiger partial charge in [0.2, 0.25) is 5.91 Å². The molecule has 4 nitrogen and oxygen atoms in total.